The van der Waals surface area contributed by atoms with Gasteiger partial charge in [-0.2, -0.15) is 0 Å². The van der Waals surface area contributed by atoms with Crippen molar-refractivity contribution in [3.63, 3.8) is 0 Å². The molecule has 200 valence electrons. The van der Waals surface area contributed by atoms with Gasteiger partial charge in [-0.3, -0.25) is 4.40 Å². The standard InChI is InChI=1S/C38H22N4O/c1-2-11-22(12-3-1)39-29-17-6-4-13-23(29)27-21-28-24-14-5-9-20-32(24)43-37(28)36-33(27)25-15-10-16-26-34-38(42(36)35(25)26)41-31-19-8-7-18-30(31)40-34/h1-21,39H. The molecular formula is C38H22N4O. The van der Waals surface area contributed by atoms with E-state index in [2.05, 4.69) is 94.6 Å². The summed E-state index contributed by atoms with van der Waals surface area (Å²) in [5.74, 6) is 0. The Labute approximate surface area is 245 Å². The van der Waals surface area contributed by atoms with E-state index in [9.17, 15) is 0 Å². The lowest BCUT2D eigenvalue weighted by atomic mass is 9.95. The average molecular weight is 551 g/mol. The van der Waals surface area contributed by atoms with Crippen molar-refractivity contribution < 1.29 is 4.42 Å². The number of benzene rings is 6. The van der Waals surface area contributed by atoms with Gasteiger partial charge in [-0.05, 0) is 48.0 Å². The van der Waals surface area contributed by atoms with E-state index in [-0.39, 0.29) is 0 Å². The lowest BCUT2D eigenvalue weighted by molar-refractivity contribution is 0.671. The van der Waals surface area contributed by atoms with E-state index in [1.54, 1.807) is 0 Å². The van der Waals surface area contributed by atoms with E-state index in [0.717, 1.165) is 93.8 Å². The molecule has 0 saturated heterocycles. The highest BCUT2D eigenvalue weighted by molar-refractivity contribution is 6.31. The van der Waals surface area contributed by atoms with Crippen LogP contribution in [0.15, 0.2) is 132 Å². The van der Waals surface area contributed by atoms with Gasteiger partial charge in [0.1, 0.15) is 11.1 Å². The van der Waals surface area contributed by atoms with Crippen LogP contribution in [0, 0.1) is 0 Å². The molecule has 43 heavy (non-hydrogen) atoms. The van der Waals surface area contributed by atoms with Crippen LogP contribution < -0.4 is 5.32 Å². The molecule has 4 aromatic heterocycles. The fourth-order valence-electron chi connectivity index (χ4n) is 6.87. The number of rotatable bonds is 3. The molecule has 10 rings (SSSR count). The summed E-state index contributed by atoms with van der Waals surface area (Å²) < 4.78 is 8.98. The third kappa shape index (κ3) is 3.05. The highest BCUT2D eigenvalue weighted by Gasteiger charge is 2.26. The van der Waals surface area contributed by atoms with Crippen LogP contribution in [-0.2, 0) is 0 Å². The van der Waals surface area contributed by atoms with Crippen molar-refractivity contribution in [3.8, 4) is 11.1 Å². The van der Waals surface area contributed by atoms with Gasteiger partial charge in [-0.15, -0.1) is 0 Å². The second-order valence-corrected chi connectivity index (χ2v) is 11.1. The summed E-state index contributed by atoms with van der Waals surface area (Å²) in [5, 5.41) is 9.24. The average Bonchev–Trinajstić information content (AvgIpc) is 3.71. The maximum absolute atomic E-state index is 6.70. The first-order chi connectivity index (χ1) is 21.3. The van der Waals surface area contributed by atoms with Crippen LogP contribution in [0.3, 0.4) is 0 Å². The Balaban J connectivity index is 1.43. The van der Waals surface area contributed by atoms with Crippen LogP contribution >= 0.6 is 0 Å². The van der Waals surface area contributed by atoms with Crippen LogP contribution in [0.4, 0.5) is 11.4 Å². The third-order valence-corrected chi connectivity index (χ3v) is 8.69. The van der Waals surface area contributed by atoms with Gasteiger partial charge in [-0.25, -0.2) is 9.97 Å². The maximum atomic E-state index is 6.70. The van der Waals surface area contributed by atoms with Crippen molar-refractivity contribution in [3.05, 3.63) is 127 Å². The largest absolute Gasteiger partial charge is 0.454 e. The predicted octanol–water partition coefficient (Wildman–Crippen LogP) is 10.1. The van der Waals surface area contributed by atoms with E-state index in [0.29, 0.717) is 0 Å². The number of nitrogens with one attached hydrogen (secondary N) is 1. The van der Waals surface area contributed by atoms with E-state index in [4.69, 9.17) is 14.4 Å². The van der Waals surface area contributed by atoms with Crippen LogP contribution in [0.25, 0.3) is 82.5 Å². The maximum Gasteiger partial charge on any atom is 0.165 e. The van der Waals surface area contributed by atoms with Crippen molar-refractivity contribution in [1.29, 1.82) is 0 Å². The number of hydrogen-bond acceptors (Lipinski definition) is 4. The van der Waals surface area contributed by atoms with Crippen LogP contribution in [-0.4, -0.2) is 14.4 Å². The first-order valence-electron chi connectivity index (χ1n) is 14.4. The molecule has 5 heteroatoms. The number of furan rings is 1. The molecule has 0 aliphatic heterocycles. The first kappa shape index (κ1) is 22.7. The Bertz CT molecular complexity index is 2700. The minimum Gasteiger partial charge on any atom is -0.454 e. The summed E-state index contributed by atoms with van der Waals surface area (Å²) in [6, 6.07) is 44.1. The van der Waals surface area contributed by atoms with Crippen molar-refractivity contribution in [1.82, 2.24) is 14.4 Å². The van der Waals surface area contributed by atoms with Gasteiger partial charge >= 0.3 is 0 Å². The fraction of sp³-hybridized carbons (Fsp3) is 0. The van der Waals surface area contributed by atoms with Gasteiger partial charge in [-0.1, -0.05) is 84.9 Å². The van der Waals surface area contributed by atoms with Crippen molar-refractivity contribution in [2.45, 2.75) is 0 Å². The number of aromatic nitrogens is 3. The Kier molecular flexibility index (Phi) is 4.39. The molecule has 10 aromatic rings. The van der Waals surface area contributed by atoms with Gasteiger partial charge in [0.15, 0.2) is 11.2 Å². The normalized spacial score (nSPS) is 12.2. The first-order valence-corrected chi connectivity index (χ1v) is 14.4. The number of nitrogens with zero attached hydrogens (tertiary/aromatic N) is 3. The van der Waals surface area contributed by atoms with Crippen molar-refractivity contribution >= 4 is 82.7 Å². The van der Waals surface area contributed by atoms with E-state index < -0.39 is 0 Å². The molecule has 0 fully saturated rings. The number of para-hydroxylation sites is 6. The minimum absolute atomic E-state index is 0.842. The summed E-state index contributed by atoms with van der Waals surface area (Å²) in [7, 11) is 0. The summed E-state index contributed by atoms with van der Waals surface area (Å²) in [4.78, 5) is 10.3. The quantitative estimate of drug-likeness (QED) is 0.238. The molecule has 0 saturated carbocycles. The zero-order valence-electron chi connectivity index (χ0n) is 22.9. The Morgan fingerprint density at radius 2 is 1.28 bits per heavy atom. The molecule has 0 atom stereocenters. The molecule has 1 N–H and O–H groups in total. The molecule has 0 bridgehead atoms. The van der Waals surface area contributed by atoms with Crippen LogP contribution in [0.1, 0.15) is 0 Å². The summed E-state index contributed by atoms with van der Waals surface area (Å²) in [6.45, 7) is 0. The van der Waals surface area contributed by atoms with E-state index >= 15 is 0 Å². The van der Waals surface area contributed by atoms with Gasteiger partial charge in [0.2, 0.25) is 0 Å². The fourth-order valence-corrected chi connectivity index (χ4v) is 6.87. The predicted molar refractivity (Wildman–Crippen MR) is 177 cm³/mol. The Morgan fingerprint density at radius 3 is 2.19 bits per heavy atom. The molecule has 5 nitrogen and oxygen atoms in total. The molecule has 0 aliphatic carbocycles. The smallest absolute Gasteiger partial charge is 0.165 e. The number of fused-ring (bicyclic) bond motifs is 11. The highest BCUT2D eigenvalue weighted by Crippen LogP contribution is 2.48. The van der Waals surface area contributed by atoms with Crippen molar-refractivity contribution in [2.75, 3.05) is 5.32 Å². The summed E-state index contributed by atoms with van der Waals surface area (Å²) >= 11 is 0. The van der Waals surface area contributed by atoms with Crippen LogP contribution in [0.5, 0.6) is 0 Å². The monoisotopic (exact) mass is 550 g/mol. The zero-order chi connectivity index (χ0) is 28.1. The minimum atomic E-state index is 0.842. The third-order valence-electron chi connectivity index (χ3n) is 8.69. The molecule has 4 heterocycles. The van der Waals surface area contributed by atoms with E-state index in [1.807, 2.05) is 42.5 Å². The second kappa shape index (κ2) is 8.30. The van der Waals surface area contributed by atoms with E-state index in [1.165, 1.54) is 0 Å². The molecule has 0 amide bonds. The number of anilines is 2. The summed E-state index contributed by atoms with van der Waals surface area (Å²) in [5.41, 5.74) is 11.7. The summed E-state index contributed by atoms with van der Waals surface area (Å²) in [6.07, 6.45) is 0. The van der Waals surface area contributed by atoms with Crippen molar-refractivity contribution in [2.24, 2.45) is 0 Å². The van der Waals surface area contributed by atoms with Gasteiger partial charge in [0.05, 0.1) is 22.1 Å². The molecule has 6 aromatic carbocycles. The molecule has 0 unspecified atom stereocenters. The SMILES string of the molecule is c1ccc(Nc2ccccc2-c2cc3c4ccccc4oc3c3c2c2cccc4c5nc6ccccc6nc5n3c42)cc1. The second-order valence-electron chi connectivity index (χ2n) is 11.1. The topological polar surface area (TPSA) is 55.4 Å². The highest BCUT2D eigenvalue weighted by atomic mass is 16.3. The van der Waals surface area contributed by atoms with Crippen LogP contribution in [0.2, 0.25) is 0 Å². The molecule has 0 spiro atoms. The Morgan fingerprint density at radius 1 is 0.558 bits per heavy atom. The van der Waals surface area contributed by atoms with Gasteiger partial charge < -0.3 is 9.73 Å². The Hall–Kier alpha value is -5.94. The van der Waals surface area contributed by atoms with Gasteiger partial charge in [0.25, 0.3) is 0 Å². The van der Waals surface area contributed by atoms with Gasteiger partial charge in [0, 0.05) is 43.9 Å². The molecular weight excluding hydrogens is 528 g/mol. The zero-order valence-corrected chi connectivity index (χ0v) is 22.9. The molecule has 0 aliphatic rings. The molecule has 0 radical (unpaired) electrons. The lowest BCUT2D eigenvalue weighted by Crippen LogP contribution is -1.94. The number of hydrogen-bond donors (Lipinski definition) is 1. The lowest BCUT2D eigenvalue weighted by Gasteiger charge is -2.14.